The number of aryl methyl sites for hydroxylation is 1. The van der Waals surface area contributed by atoms with Crippen molar-refractivity contribution in [3.05, 3.63) is 39.7 Å². The molecule has 0 N–H and O–H groups in total. The molecule has 1 aliphatic carbocycles. The van der Waals surface area contributed by atoms with Crippen LogP contribution in [0.1, 0.15) is 54.1 Å². The summed E-state index contributed by atoms with van der Waals surface area (Å²) < 4.78 is 0. The molecular formula is C21H26N3O+. The molecule has 0 aromatic heterocycles. The van der Waals surface area contributed by atoms with E-state index in [1.807, 2.05) is 12.1 Å². The second-order valence-corrected chi connectivity index (χ2v) is 8.65. The summed E-state index contributed by atoms with van der Waals surface area (Å²) in [6, 6.07) is 6.17. The van der Waals surface area contributed by atoms with Gasteiger partial charge in [0.05, 0.1) is 16.7 Å². The zero-order chi connectivity index (χ0) is 17.2. The van der Waals surface area contributed by atoms with Crippen LogP contribution in [0, 0.1) is 12.5 Å². The minimum atomic E-state index is -0.410. The Bertz CT molecular complexity index is 789. The summed E-state index contributed by atoms with van der Waals surface area (Å²) >= 11 is 0. The highest BCUT2D eigenvalue weighted by Gasteiger charge is 2.59. The van der Waals surface area contributed by atoms with Gasteiger partial charge in [-0.3, -0.25) is 4.79 Å². The Morgan fingerprint density at radius 2 is 2.04 bits per heavy atom. The fourth-order valence-electron chi connectivity index (χ4n) is 6.05. The maximum Gasteiger partial charge on any atom is 0.323 e. The second-order valence-electron chi connectivity index (χ2n) is 8.65. The number of carbonyl (C=O) groups excluding carboxylic acids is 1. The summed E-state index contributed by atoms with van der Waals surface area (Å²) in [5.41, 5.74) is 2.72. The summed E-state index contributed by atoms with van der Waals surface area (Å²) in [7, 11) is 0. The van der Waals surface area contributed by atoms with Crippen molar-refractivity contribution in [3.63, 3.8) is 0 Å². The fraction of sp³-hybridized carbons (Fsp3) is 0.619. The highest BCUT2D eigenvalue weighted by molar-refractivity contribution is 5.98. The van der Waals surface area contributed by atoms with E-state index >= 15 is 0 Å². The van der Waals surface area contributed by atoms with Crippen molar-refractivity contribution in [3.8, 4) is 6.57 Å². The summed E-state index contributed by atoms with van der Waals surface area (Å²) in [5, 5.41) is 0. The van der Waals surface area contributed by atoms with Crippen LogP contribution in [0.3, 0.4) is 0 Å². The van der Waals surface area contributed by atoms with Gasteiger partial charge in [-0.25, -0.2) is 0 Å². The molecule has 2 atom stereocenters. The molecule has 130 valence electrons. The molecule has 3 saturated heterocycles. The van der Waals surface area contributed by atoms with Crippen molar-refractivity contribution in [2.45, 2.75) is 50.1 Å². The van der Waals surface area contributed by atoms with E-state index in [0.29, 0.717) is 12.5 Å². The maximum absolute atomic E-state index is 13.5. The van der Waals surface area contributed by atoms with Crippen molar-refractivity contribution >= 4 is 5.91 Å². The standard InChI is InChI=1S/C21H26N3O/c1-20(13-23-11-8-16(20)9-12-23)24-14-21(22-2)10-4-6-15-5-3-7-17(18(15)21)19(24)25/h2-3,5,7,16H,4,6,8-14H2,1H3/q+1/t20-,21+/m1/s1. The van der Waals surface area contributed by atoms with Crippen LogP contribution in [0.5, 0.6) is 0 Å². The van der Waals surface area contributed by atoms with Crippen molar-refractivity contribution in [1.82, 2.24) is 9.80 Å². The molecule has 0 spiro atoms. The first kappa shape index (κ1) is 15.4. The Hall–Kier alpha value is -1.86. The van der Waals surface area contributed by atoms with E-state index in [1.165, 1.54) is 31.5 Å². The van der Waals surface area contributed by atoms with Crippen LogP contribution in [0.2, 0.25) is 0 Å². The van der Waals surface area contributed by atoms with E-state index in [9.17, 15) is 4.79 Å². The molecule has 0 saturated carbocycles. The minimum Gasteiger partial charge on any atom is -0.323 e. The van der Waals surface area contributed by atoms with Gasteiger partial charge in [0.1, 0.15) is 6.54 Å². The molecule has 25 heavy (non-hydrogen) atoms. The summed E-state index contributed by atoms with van der Waals surface area (Å²) in [6.07, 6.45) is 5.45. The third kappa shape index (κ3) is 1.93. The van der Waals surface area contributed by atoms with Gasteiger partial charge < -0.3 is 9.80 Å². The number of carbonyl (C=O) groups is 1. The number of hydrogen-bond donors (Lipinski definition) is 0. The predicted octanol–water partition coefficient (Wildman–Crippen LogP) is 3.12. The van der Waals surface area contributed by atoms with Crippen LogP contribution in [0.15, 0.2) is 18.2 Å². The summed E-state index contributed by atoms with van der Waals surface area (Å²) in [6.45, 7) is 12.3. The first-order valence-electron chi connectivity index (χ1n) is 9.66. The van der Waals surface area contributed by atoms with Crippen LogP contribution in [-0.2, 0) is 12.0 Å². The molecule has 0 radical (unpaired) electrons. The van der Waals surface area contributed by atoms with Gasteiger partial charge in [0.2, 0.25) is 0 Å². The van der Waals surface area contributed by atoms with Crippen LogP contribution in [0.4, 0.5) is 0 Å². The van der Waals surface area contributed by atoms with Gasteiger partial charge in [-0.15, -0.1) is 0 Å². The van der Waals surface area contributed by atoms with Crippen molar-refractivity contribution in [1.29, 1.82) is 0 Å². The van der Waals surface area contributed by atoms with Crippen molar-refractivity contribution in [2.24, 2.45) is 5.92 Å². The number of piperidine rings is 3. The molecular weight excluding hydrogens is 310 g/mol. The van der Waals surface area contributed by atoms with Crippen molar-refractivity contribution in [2.75, 3.05) is 26.2 Å². The number of nitrogens with zero attached hydrogens (tertiary/aromatic N) is 3. The molecule has 1 aromatic carbocycles. The van der Waals surface area contributed by atoms with Crippen LogP contribution in [-0.4, -0.2) is 47.4 Å². The van der Waals surface area contributed by atoms with E-state index in [4.69, 9.17) is 6.57 Å². The Morgan fingerprint density at radius 3 is 2.72 bits per heavy atom. The molecule has 4 aliphatic heterocycles. The second kappa shape index (κ2) is 5.08. The monoisotopic (exact) mass is 336 g/mol. The van der Waals surface area contributed by atoms with Gasteiger partial charge >= 0.3 is 5.54 Å². The van der Waals surface area contributed by atoms with Gasteiger partial charge in [-0.05, 0) is 63.2 Å². The topological polar surface area (TPSA) is 27.9 Å². The van der Waals surface area contributed by atoms with E-state index in [1.54, 1.807) is 0 Å². The lowest BCUT2D eigenvalue weighted by Crippen LogP contribution is -2.69. The number of rotatable bonds is 1. The average Bonchev–Trinajstić information content (AvgIpc) is 2.65. The average molecular weight is 336 g/mol. The van der Waals surface area contributed by atoms with Gasteiger partial charge in [0.15, 0.2) is 0 Å². The zero-order valence-electron chi connectivity index (χ0n) is 15.0. The fourth-order valence-corrected chi connectivity index (χ4v) is 6.05. The number of hydrogen-bond acceptors (Lipinski definition) is 2. The van der Waals surface area contributed by atoms with Gasteiger partial charge in [0.25, 0.3) is 12.5 Å². The Labute approximate surface area is 149 Å². The number of amides is 1. The van der Waals surface area contributed by atoms with Crippen LogP contribution >= 0.6 is 0 Å². The maximum atomic E-state index is 13.5. The third-order valence-electron chi connectivity index (χ3n) is 7.42. The van der Waals surface area contributed by atoms with E-state index < -0.39 is 5.54 Å². The molecule has 6 rings (SSSR count). The third-order valence-corrected chi connectivity index (χ3v) is 7.42. The minimum absolute atomic E-state index is 0.101. The van der Waals surface area contributed by atoms with E-state index in [-0.39, 0.29) is 11.4 Å². The molecule has 0 unspecified atom stereocenters. The first-order chi connectivity index (χ1) is 12.1. The highest BCUT2D eigenvalue weighted by Crippen LogP contribution is 2.49. The Kier molecular flexibility index (Phi) is 3.13. The normalized spacial score (nSPS) is 39.0. The number of benzene rings is 1. The lowest BCUT2D eigenvalue weighted by atomic mass is 9.68. The molecule has 2 bridgehead atoms. The molecule has 4 nitrogen and oxygen atoms in total. The lowest BCUT2D eigenvalue weighted by Gasteiger charge is -2.57. The highest BCUT2D eigenvalue weighted by atomic mass is 16.2. The molecule has 5 aliphatic rings. The zero-order valence-corrected chi connectivity index (χ0v) is 15.0. The largest absolute Gasteiger partial charge is 0.323 e. The van der Waals surface area contributed by atoms with Gasteiger partial charge in [-0.1, -0.05) is 17.0 Å². The van der Waals surface area contributed by atoms with Crippen LogP contribution < -0.4 is 0 Å². The van der Waals surface area contributed by atoms with Crippen LogP contribution in [0.25, 0.3) is 4.85 Å². The molecule has 4 heterocycles. The van der Waals surface area contributed by atoms with Gasteiger partial charge in [0, 0.05) is 13.0 Å². The lowest BCUT2D eigenvalue weighted by molar-refractivity contribution is -0.0563. The van der Waals surface area contributed by atoms with E-state index in [0.717, 1.165) is 36.9 Å². The smallest absolute Gasteiger partial charge is 0.323 e. The predicted molar refractivity (Wildman–Crippen MR) is 98.0 cm³/mol. The Balaban J connectivity index is 1.65. The molecule has 4 heteroatoms. The summed E-state index contributed by atoms with van der Waals surface area (Å²) in [5.74, 6) is 0.777. The number of fused-ring (bicyclic) bond motifs is 3. The Morgan fingerprint density at radius 1 is 1.24 bits per heavy atom. The van der Waals surface area contributed by atoms with Crippen molar-refractivity contribution < 1.29 is 4.79 Å². The molecule has 1 amide bonds. The summed E-state index contributed by atoms with van der Waals surface area (Å²) in [4.78, 5) is 22.6. The quantitative estimate of drug-likeness (QED) is 0.788. The molecule has 3 fully saturated rings. The molecule has 1 aromatic rings. The SMILES string of the molecule is C#[N+][C@]12CCCc3cccc(c31)C(=O)N([C@]1(C)CN3CCC1CC3)C2. The van der Waals surface area contributed by atoms with Gasteiger partial charge in [-0.2, -0.15) is 0 Å². The first-order valence-corrected chi connectivity index (χ1v) is 9.66. The van der Waals surface area contributed by atoms with E-state index in [2.05, 4.69) is 27.6 Å².